The van der Waals surface area contributed by atoms with Crippen LogP contribution in [0.15, 0.2) is 42.5 Å². The van der Waals surface area contributed by atoms with Crippen LogP contribution in [0.3, 0.4) is 0 Å². The molecule has 1 aliphatic heterocycles. The zero-order chi connectivity index (χ0) is 19.0. The molecule has 0 unspecified atom stereocenters. The molecule has 3 nitrogen and oxygen atoms in total. The molecule has 0 radical (unpaired) electrons. The average Bonchev–Trinajstić information content (AvgIpc) is 2.69. The molecule has 0 aliphatic carbocycles. The second-order valence-electron chi connectivity index (χ2n) is 7.70. The highest BCUT2D eigenvalue weighted by atomic mass is 16.2. The van der Waals surface area contributed by atoms with E-state index in [1.54, 1.807) is 0 Å². The second kappa shape index (κ2) is 7.15. The molecule has 3 aromatic rings. The van der Waals surface area contributed by atoms with E-state index >= 15 is 0 Å². The first-order valence-corrected chi connectivity index (χ1v) is 9.82. The fourth-order valence-electron chi connectivity index (χ4n) is 3.99. The lowest BCUT2D eigenvalue weighted by Gasteiger charge is -2.27. The number of para-hydroxylation sites is 1. The topological polar surface area (TPSA) is 33.2 Å². The number of benzene rings is 2. The lowest BCUT2D eigenvalue weighted by atomic mass is 9.97. The van der Waals surface area contributed by atoms with Crippen LogP contribution in [0, 0.1) is 20.8 Å². The number of nitrogens with zero attached hydrogens (tertiary/aromatic N) is 2. The molecule has 1 aliphatic rings. The van der Waals surface area contributed by atoms with Crippen LogP contribution in [0.2, 0.25) is 0 Å². The molecule has 138 valence electrons. The van der Waals surface area contributed by atoms with Crippen molar-refractivity contribution in [2.75, 3.05) is 13.1 Å². The Morgan fingerprint density at radius 2 is 1.70 bits per heavy atom. The van der Waals surface area contributed by atoms with E-state index in [4.69, 9.17) is 4.98 Å². The highest BCUT2D eigenvalue weighted by molar-refractivity contribution is 6.07. The van der Waals surface area contributed by atoms with Gasteiger partial charge in [-0.25, -0.2) is 4.98 Å². The average molecular weight is 358 g/mol. The molecule has 4 rings (SSSR count). The van der Waals surface area contributed by atoms with Gasteiger partial charge in [0.1, 0.15) is 0 Å². The van der Waals surface area contributed by atoms with Crippen molar-refractivity contribution >= 4 is 16.8 Å². The smallest absolute Gasteiger partial charge is 0.254 e. The zero-order valence-corrected chi connectivity index (χ0v) is 16.4. The van der Waals surface area contributed by atoms with Crippen molar-refractivity contribution in [1.82, 2.24) is 9.88 Å². The molecule has 1 aromatic heterocycles. The Labute approximate surface area is 161 Å². The maximum absolute atomic E-state index is 13.4. The summed E-state index contributed by atoms with van der Waals surface area (Å²) >= 11 is 0. The first-order chi connectivity index (χ1) is 13.0. The molecule has 1 fully saturated rings. The minimum atomic E-state index is 0.138. The van der Waals surface area contributed by atoms with Crippen LogP contribution in [-0.2, 0) is 0 Å². The van der Waals surface area contributed by atoms with Gasteiger partial charge in [-0.15, -0.1) is 0 Å². The standard InChI is InChI=1S/C24H26N2O/c1-16-10-11-17(2)20(14-16)22-15-21(24(27)26-12-5-4-6-13-26)19-9-7-8-18(3)23(19)25-22/h7-11,14-15H,4-6,12-13H2,1-3H3. The zero-order valence-electron chi connectivity index (χ0n) is 16.4. The number of piperidine rings is 1. The van der Waals surface area contributed by atoms with Gasteiger partial charge in [0.2, 0.25) is 0 Å². The van der Waals surface area contributed by atoms with Gasteiger partial charge in [-0.3, -0.25) is 4.79 Å². The minimum Gasteiger partial charge on any atom is -0.339 e. The highest BCUT2D eigenvalue weighted by Crippen LogP contribution is 2.30. The minimum absolute atomic E-state index is 0.138. The molecular weight excluding hydrogens is 332 g/mol. The van der Waals surface area contributed by atoms with Gasteiger partial charge in [-0.1, -0.05) is 35.9 Å². The maximum Gasteiger partial charge on any atom is 0.254 e. The number of hydrogen-bond donors (Lipinski definition) is 0. The van der Waals surface area contributed by atoms with E-state index in [2.05, 4.69) is 45.0 Å². The number of carbonyl (C=O) groups is 1. The number of aryl methyl sites for hydroxylation is 3. The van der Waals surface area contributed by atoms with E-state index in [9.17, 15) is 4.79 Å². The van der Waals surface area contributed by atoms with Gasteiger partial charge in [-0.2, -0.15) is 0 Å². The molecule has 2 heterocycles. The normalized spacial score (nSPS) is 14.6. The van der Waals surface area contributed by atoms with Gasteiger partial charge in [0.05, 0.1) is 16.8 Å². The predicted octanol–water partition coefficient (Wildman–Crippen LogP) is 5.45. The summed E-state index contributed by atoms with van der Waals surface area (Å²) in [7, 11) is 0. The third-order valence-corrected chi connectivity index (χ3v) is 5.58. The monoisotopic (exact) mass is 358 g/mol. The van der Waals surface area contributed by atoms with Crippen LogP contribution in [0.5, 0.6) is 0 Å². The molecule has 3 heteroatoms. The number of fused-ring (bicyclic) bond motifs is 1. The summed E-state index contributed by atoms with van der Waals surface area (Å²) in [6.45, 7) is 7.97. The second-order valence-corrected chi connectivity index (χ2v) is 7.70. The summed E-state index contributed by atoms with van der Waals surface area (Å²) in [6.07, 6.45) is 3.41. The van der Waals surface area contributed by atoms with Crippen molar-refractivity contribution in [3.05, 3.63) is 64.7 Å². The van der Waals surface area contributed by atoms with Crippen molar-refractivity contribution in [3.63, 3.8) is 0 Å². The summed E-state index contributed by atoms with van der Waals surface area (Å²) in [5.41, 5.74) is 7.18. The van der Waals surface area contributed by atoms with Gasteiger partial charge in [0.25, 0.3) is 5.91 Å². The van der Waals surface area contributed by atoms with E-state index in [1.165, 1.54) is 17.5 Å². The van der Waals surface area contributed by atoms with Crippen LogP contribution in [-0.4, -0.2) is 28.9 Å². The van der Waals surface area contributed by atoms with E-state index in [0.717, 1.165) is 59.2 Å². The maximum atomic E-state index is 13.4. The summed E-state index contributed by atoms with van der Waals surface area (Å²) < 4.78 is 0. The van der Waals surface area contributed by atoms with Crippen LogP contribution in [0.25, 0.3) is 22.2 Å². The Bertz CT molecular complexity index is 1020. The van der Waals surface area contributed by atoms with Crippen molar-refractivity contribution in [2.45, 2.75) is 40.0 Å². The van der Waals surface area contributed by atoms with Crippen LogP contribution in [0.1, 0.15) is 46.3 Å². The quantitative estimate of drug-likeness (QED) is 0.610. The van der Waals surface area contributed by atoms with E-state index in [0.29, 0.717) is 0 Å². The Morgan fingerprint density at radius 3 is 2.48 bits per heavy atom. The van der Waals surface area contributed by atoms with Gasteiger partial charge in [-0.05, 0) is 63.3 Å². The fraction of sp³-hybridized carbons (Fsp3) is 0.333. The van der Waals surface area contributed by atoms with E-state index in [1.807, 2.05) is 23.1 Å². The summed E-state index contributed by atoms with van der Waals surface area (Å²) in [4.78, 5) is 20.3. The largest absolute Gasteiger partial charge is 0.339 e. The van der Waals surface area contributed by atoms with Crippen molar-refractivity contribution in [3.8, 4) is 11.3 Å². The number of amides is 1. The Balaban J connectivity index is 1.93. The number of aromatic nitrogens is 1. The third-order valence-electron chi connectivity index (χ3n) is 5.58. The Morgan fingerprint density at radius 1 is 0.926 bits per heavy atom. The van der Waals surface area contributed by atoms with E-state index < -0.39 is 0 Å². The van der Waals surface area contributed by atoms with Crippen LogP contribution in [0.4, 0.5) is 0 Å². The molecule has 27 heavy (non-hydrogen) atoms. The molecular formula is C24H26N2O. The molecule has 1 amide bonds. The van der Waals surface area contributed by atoms with E-state index in [-0.39, 0.29) is 5.91 Å². The Hall–Kier alpha value is -2.68. The summed E-state index contributed by atoms with van der Waals surface area (Å²) in [6, 6.07) is 14.5. The lowest BCUT2D eigenvalue weighted by Crippen LogP contribution is -2.35. The molecule has 0 N–H and O–H groups in total. The SMILES string of the molecule is Cc1ccc(C)c(-c2cc(C(=O)N3CCCCC3)c3cccc(C)c3n2)c1. The van der Waals surface area contributed by atoms with Gasteiger partial charge in [0, 0.05) is 24.0 Å². The van der Waals surface area contributed by atoms with Crippen molar-refractivity contribution < 1.29 is 4.79 Å². The van der Waals surface area contributed by atoms with Crippen LogP contribution >= 0.6 is 0 Å². The van der Waals surface area contributed by atoms with Gasteiger partial charge >= 0.3 is 0 Å². The van der Waals surface area contributed by atoms with Crippen molar-refractivity contribution in [1.29, 1.82) is 0 Å². The fourth-order valence-corrected chi connectivity index (χ4v) is 3.99. The molecule has 2 aromatic carbocycles. The number of likely N-dealkylation sites (tertiary alicyclic amines) is 1. The highest BCUT2D eigenvalue weighted by Gasteiger charge is 2.22. The molecule has 0 atom stereocenters. The molecule has 0 bridgehead atoms. The number of rotatable bonds is 2. The number of pyridine rings is 1. The number of carbonyl (C=O) groups excluding carboxylic acids is 1. The van der Waals surface area contributed by atoms with Crippen LogP contribution < -0.4 is 0 Å². The molecule has 0 saturated carbocycles. The first kappa shape index (κ1) is 17.7. The molecule has 0 spiro atoms. The first-order valence-electron chi connectivity index (χ1n) is 9.82. The van der Waals surface area contributed by atoms with Gasteiger partial charge < -0.3 is 4.90 Å². The summed E-state index contributed by atoms with van der Waals surface area (Å²) in [5.74, 6) is 0.138. The predicted molar refractivity (Wildman–Crippen MR) is 111 cm³/mol. The molecule has 1 saturated heterocycles. The Kier molecular flexibility index (Phi) is 4.69. The summed E-state index contributed by atoms with van der Waals surface area (Å²) in [5, 5.41) is 0.958. The van der Waals surface area contributed by atoms with Crippen molar-refractivity contribution in [2.24, 2.45) is 0 Å². The van der Waals surface area contributed by atoms with Gasteiger partial charge in [0.15, 0.2) is 0 Å². The lowest BCUT2D eigenvalue weighted by molar-refractivity contribution is 0.0726. The number of hydrogen-bond acceptors (Lipinski definition) is 2. The third kappa shape index (κ3) is 3.34.